The molecular weight excluding hydrogens is 490 g/mol. The molecule has 1 unspecified atom stereocenters. The second-order valence-corrected chi connectivity index (χ2v) is 9.14. The van der Waals surface area contributed by atoms with E-state index in [-0.39, 0.29) is 11.3 Å². The van der Waals surface area contributed by atoms with Crippen molar-refractivity contribution in [1.82, 2.24) is 0 Å². The Morgan fingerprint density at radius 3 is 2.32 bits per heavy atom. The number of halogens is 1. The number of anilines is 1. The number of amides is 1. The summed E-state index contributed by atoms with van der Waals surface area (Å²) >= 11 is 6.39. The predicted octanol–water partition coefficient (Wildman–Crippen LogP) is 6.45. The zero-order chi connectivity index (χ0) is 26.3. The van der Waals surface area contributed by atoms with E-state index in [0.29, 0.717) is 38.9 Å². The zero-order valence-electron chi connectivity index (χ0n) is 20.5. The molecule has 4 aromatic carbocycles. The van der Waals surface area contributed by atoms with E-state index in [4.69, 9.17) is 21.1 Å². The molecule has 0 bridgehead atoms. The molecule has 1 aliphatic heterocycles. The summed E-state index contributed by atoms with van der Waals surface area (Å²) in [6.45, 7) is 1.78. The second kappa shape index (κ2) is 9.64. The van der Waals surface area contributed by atoms with Crippen molar-refractivity contribution in [2.24, 2.45) is 0 Å². The summed E-state index contributed by atoms with van der Waals surface area (Å²) in [7, 11) is 3.04. The van der Waals surface area contributed by atoms with Crippen molar-refractivity contribution in [3.8, 4) is 11.5 Å². The first-order chi connectivity index (χ1) is 17.8. The molecule has 0 radical (unpaired) electrons. The minimum atomic E-state index is -0.927. The summed E-state index contributed by atoms with van der Waals surface area (Å²) in [6.07, 6.45) is 0. The van der Waals surface area contributed by atoms with E-state index >= 15 is 0 Å². The third-order valence-corrected chi connectivity index (χ3v) is 7.10. The van der Waals surface area contributed by atoms with E-state index < -0.39 is 17.7 Å². The van der Waals surface area contributed by atoms with Crippen molar-refractivity contribution in [2.75, 3.05) is 19.1 Å². The van der Waals surface area contributed by atoms with Gasteiger partial charge in [0.05, 0.1) is 25.8 Å². The van der Waals surface area contributed by atoms with Crippen LogP contribution in [0.1, 0.15) is 22.7 Å². The van der Waals surface area contributed by atoms with Crippen LogP contribution in [-0.2, 0) is 9.59 Å². The van der Waals surface area contributed by atoms with Crippen LogP contribution >= 0.6 is 11.6 Å². The maximum absolute atomic E-state index is 13.5. The first kappa shape index (κ1) is 24.4. The molecule has 186 valence electrons. The van der Waals surface area contributed by atoms with Gasteiger partial charge in [0.1, 0.15) is 5.76 Å². The number of ether oxygens (including phenoxy) is 2. The van der Waals surface area contributed by atoms with Crippen LogP contribution in [0.2, 0.25) is 5.02 Å². The maximum Gasteiger partial charge on any atom is 0.300 e. The quantitative estimate of drug-likeness (QED) is 0.189. The monoisotopic (exact) mass is 513 g/mol. The minimum Gasteiger partial charge on any atom is -0.507 e. The van der Waals surface area contributed by atoms with E-state index in [1.54, 1.807) is 55.5 Å². The van der Waals surface area contributed by atoms with Crippen molar-refractivity contribution in [3.05, 3.63) is 106 Å². The molecule has 1 N–H and O–H groups in total. The van der Waals surface area contributed by atoms with Gasteiger partial charge in [0.2, 0.25) is 0 Å². The van der Waals surface area contributed by atoms with Gasteiger partial charge >= 0.3 is 0 Å². The summed E-state index contributed by atoms with van der Waals surface area (Å²) in [4.78, 5) is 28.4. The average molecular weight is 514 g/mol. The molecule has 1 saturated heterocycles. The smallest absolute Gasteiger partial charge is 0.300 e. The van der Waals surface area contributed by atoms with Crippen molar-refractivity contribution in [1.29, 1.82) is 0 Å². The molecule has 37 heavy (non-hydrogen) atoms. The zero-order valence-corrected chi connectivity index (χ0v) is 21.2. The van der Waals surface area contributed by atoms with Gasteiger partial charge in [-0.15, -0.1) is 0 Å². The lowest BCUT2D eigenvalue weighted by atomic mass is 9.94. The highest BCUT2D eigenvalue weighted by atomic mass is 35.5. The largest absolute Gasteiger partial charge is 0.507 e. The molecule has 0 aliphatic carbocycles. The predicted molar refractivity (Wildman–Crippen MR) is 144 cm³/mol. The number of hydrogen-bond acceptors (Lipinski definition) is 5. The SMILES string of the molecule is COc1ccc(C2/C(=C(\O)c3ccc4ccccc4c3)C(=O)C(=O)N2c2cccc(Cl)c2C)cc1OC. The highest BCUT2D eigenvalue weighted by Gasteiger charge is 2.47. The molecule has 7 heteroatoms. The van der Waals surface area contributed by atoms with Gasteiger partial charge < -0.3 is 14.6 Å². The maximum atomic E-state index is 13.5. The Hall–Kier alpha value is -4.29. The molecule has 0 spiro atoms. The Labute approximate surface area is 219 Å². The highest BCUT2D eigenvalue weighted by Crippen LogP contribution is 2.45. The van der Waals surface area contributed by atoms with Crippen molar-refractivity contribution in [2.45, 2.75) is 13.0 Å². The summed E-state index contributed by atoms with van der Waals surface area (Å²) in [5.74, 6) is -0.876. The Balaban J connectivity index is 1.77. The second-order valence-electron chi connectivity index (χ2n) is 8.73. The van der Waals surface area contributed by atoms with Gasteiger partial charge in [-0.2, -0.15) is 0 Å². The summed E-state index contributed by atoms with van der Waals surface area (Å²) < 4.78 is 10.9. The van der Waals surface area contributed by atoms with Gasteiger partial charge in [0.15, 0.2) is 11.5 Å². The lowest BCUT2D eigenvalue weighted by Crippen LogP contribution is -2.30. The number of Topliss-reactive ketones (excluding diaryl/α,β-unsaturated/α-hetero) is 1. The van der Waals surface area contributed by atoms with Crippen molar-refractivity contribution < 1.29 is 24.2 Å². The minimum absolute atomic E-state index is 0.0214. The molecule has 1 fully saturated rings. The number of carbonyl (C=O) groups excluding carboxylic acids is 2. The topological polar surface area (TPSA) is 76.1 Å². The van der Waals surface area contributed by atoms with Crippen LogP contribution in [0.15, 0.2) is 84.4 Å². The van der Waals surface area contributed by atoms with Crippen LogP contribution in [0, 0.1) is 6.92 Å². The Bertz CT molecular complexity index is 1590. The fraction of sp³-hybridized carbons (Fsp3) is 0.133. The van der Waals surface area contributed by atoms with Crippen LogP contribution in [0.5, 0.6) is 11.5 Å². The lowest BCUT2D eigenvalue weighted by molar-refractivity contribution is -0.132. The number of rotatable bonds is 5. The molecule has 5 rings (SSSR count). The number of fused-ring (bicyclic) bond motifs is 1. The molecule has 6 nitrogen and oxygen atoms in total. The molecule has 0 saturated carbocycles. The molecule has 1 heterocycles. The fourth-order valence-corrected chi connectivity index (χ4v) is 4.94. The first-order valence-electron chi connectivity index (χ1n) is 11.6. The molecular formula is C30H24ClNO5. The van der Waals surface area contributed by atoms with Crippen LogP contribution in [0.4, 0.5) is 5.69 Å². The number of carbonyl (C=O) groups is 2. The van der Waals surface area contributed by atoms with Crippen LogP contribution < -0.4 is 14.4 Å². The first-order valence-corrected chi connectivity index (χ1v) is 12.0. The fourth-order valence-electron chi connectivity index (χ4n) is 4.77. The van der Waals surface area contributed by atoms with Crippen molar-refractivity contribution in [3.63, 3.8) is 0 Å². The van der Waals surface area contributed by atoms with Gasteiger partial charge in [-0.05, 0) is 59.2 Å². The number of nitrogens with zero attached hydrogens (tertiary/aromatic N) is 1. The lowest BCUT2D eigenvalue weighted by Gasteiger charge is -2.27. The number of aliphatic hydroxyl groups excluding tert-OH is 1. The van der Waals surface area contributed by atoms with E-state index in [2.05, 4.69) is 0 Å². The Morgan fingerprint density at radius 2 is 1.59 bits per heavy atom. The number of benzene rings is 4. The molecule has 4 aromatic rings. The van der Waals surface area contributed by atoms with E-state index in [0.717, 1.165) is 10.8 Å². The molecule has 1 amide bonds. The Kier molecular flexibility index (Phi) is 6.36. The Morgan fingerprint density at radius 1 is 0.865 bits per heavy atom. The van der Waals surface area contributed by atoms with Gasteiger partial charge in [-0.25, -0.2) is 0 Å². The molecule has 0 aromatic heterocycles. The number of hydrogen-bond donors (Lipinski definition) is 1. The van der Waals surface area contributed by atoms with E-state index in [1.807, 2.05) is 30.3 Å². The van der Waals surface area contributed by atoms with E-state index in [9.17, 15) is 14.7 Å². The van der Waals surface area contributed by atoms with Gasteiger partial charge in [0, 0.05) is 16.3 Å². The average Bonchev–Trinajstić information content (AvgIpc) is 3.19. The van der Waals surface area contributed by atoms with Crippen molar-refractivity contribution >= 4 is 45.5 Å². The van der Waals surface area contributed by atoms with Crippen LogP contribution in [0.3, 0.4) is 0 Å². The van der Waals surface area contributed by atoms with Crippen LogP contribution in [0.25, 0.3) is 16.5 Å². The third kappa shape index (κ3) is 4.09. The summed E-state index contributed by atoms with van der Waals surface area (Å²) in [5.41, 5.74) is 2.10. The highest BCUT2D eigenvalue weighted by molar-refractivity contribution is 6.52. The number of aliphatic hydroxyl groups is 1. The third-order valence-electron chi connectivity index (χ3n) is 6.69. The van der Waals surface area contributed by atoms with Crippen LogP contribution in [-0.4, -0.2) is 31.0 Å². The normalized spacial score (nSPS) is 16.9. The molecule has 1 aliphatic rings. The standard InChI is InChI=1S/C30H24ClNO5/c1-17-22(31)9-6-10-23(17)32-27(20-13-14-24(36-2)25(16-20)37-3)26(29(34)30(32)35)28(33)21-12-11-18-7-4-5-8-19(18)15-21/h4-16,27,33H,1-3H3/b28-26+. The molecule has 1 atom stereocenters. The van der Waals surface area contributed by atoms with Gasteiger partial charge in [-0.1, -0.05) is 60.1 Å². The number of methoxy groups -OCH3 is 2. The van der Waals surface area contributed by atoms with Gasteiger partial charge in [-0.3, -0.25) is 14.5 Å². The summed E-state index contributed by atoms with van der Waals surface area (Å²) in [5, 5.41) is 13.9. The van der Waals surface area contributed by atoms with E-state index in [1.165, 1.54) is 19.1 Å². The van der Waals surface area contributed by atoms with Gasteiger partial charge in [0.25, 0.3) is 11.7 Å². The summed E-state index contributed by atoms with van der Waals surface area (Å²) in [6, 6.07) is 22.5. The number of ketones is 1.